The number of ether oxygens (including phenoxy) is 1. The Morgan fingerprint density at radius 1 is 1.38 bits per heavy atom. The maximum Gasteiger partial charge on any atom is 0.261 e. The Morgan fingerprint density at radius 3 is 2.90 bits per heavy atom. The fraction of sp³-hybridized carbons (Fsp3) is 0.429. The zero-order valence-corrected chi connectivity index (χ0v) is 13.0. The molecule has 3 rings (SSSR count). The molecule has 0 saturated carbocycles. The maximum absolute atomic E-state index is 12.4. The molecule has 1 N–H and O–H groups in total. The van der Waals surface area contributed by atoms with E-state index in [1.165, 1.54) is 10.9 Å². The summed E-state index contributed by atoms with van der Waals surface area (Å²) in [4.78, 5) is 18.6. The SMILES string of the molecule is O=c1c2cc(Br)ccc2ncn1CC(O)N1CCOCC1. The van der Waals surface area contributed by atoms with Gasteiger partial charge in [0.05, 0.1) is 37.0 Å². The van der Waals surface area contributed by atoms with E-state index in [9.17, 15) is 9.90 Å². The quantitative estimate of drug-likeness (QED) is 0.884. The number of morpholine rings is 1. The van der Waals surface area contributed by atoms with Gasteiger partial charge in [0, 0.05) is 17.6 Å². The number of fused-ring (bicyclic) bond motifs is 1. The van der Waals surface area contributed by atoms with Crippen LogP contribution < -0.4 is 5.56 Å². The Bertz CT molecular complexity index is 697. The van der Waals surface area contributed by atoms with E-state index in [0.717, 1.165) is 4.47 Å². The van der Waals surface area contributed by atoms with Gasteiger partial charge in [-0.3, -0.25) is 14.3 Å². The lowest BCUT2D eigenvalue weighted by Gasteiger charge is -2.31. The smallest absolute Gasteiger partial charge is 0.261 e. The van der Waals surface area contributed by atoms with E-state index in [2.05, 4.69) is 20.9 Å². The number of aliphatic hydroxyl groups excluding tert-OH is 1. The molecule has 112 valence electrons. The first-order chi connectivity index (χ1) is 10.1. The summed E-state index contributed by atoms with van der Waals surface area (Å²) in [6.07, 6.45) is 0.778. The number of halogens is 1. The van der Waals surface area contributed by atoms with Crippen LogP contribution in [0, 0.1) is 0 Å². The molecule has 1 fully saturated rings. The molecule has 2 heterocycles. The Hall–Kier alpha value is -1.28. The zero-order chi connectivity index (χ0) is 14.8. The number of nitrogens with zero attached hydrogens (tertiary/aromatic N) is 3. The molecular formula is C14H16BrN3O3. The molecule has 1 aromatic heterocycles. The first-order valence-corrected chi connectivity index (χ1v) is 7.59. The predicted molar refractivity (Wildman–Crippen MR) is 82.1 cm³/mol. The Balaban J connectivity index is 1.86. The second-order valence-electron chi connectivity index (χ2n) is 4.99. The topological polar surface area (TPSA) is 67.6 Å². The summed E-state index contributed by atoms with van der Waals surface area (Å²) in [5, 5.41) is 10.8. The fourth-order valence-electron chi connectivity index (χ4n) is 2.43. The lowest BCUT2D eigenvalue weighted by atomic mass is 10.2. The second-order valence-corrected chi connectivity index (χ2v) is 5.91. The molecule has 0 amide bonds. The summed E-state index contributed by atoms with van der Waals surface area (Å²) in [5.41, 5.74) is 0.508. The zero-order valence-electron chi connectivity index (χ0n) is 11.4. The van der Waals surface area contributed by atoms with E-state index in [-0.39, 0.29) is 12.1 Å². The van der Waals surface area contributed by atoms with Crippen molar-refractivity contribution in [3.8, 4) is 0 Å². The second kappa shape index (κ2) is 6.23. The van der Waals surface area contributed by atoms with Crippen LogP contribution in [-0.2, 0) is 11.3 Å². The highest BCUT2D eigenvalue weighted by Gasteiger charge is 2.19. The fourth-order valence-corrected chi connectivity index (χ4v) is 2.79. The summed E-state index contributed by atoms with van der Waals surface area (Å²) in [5.74, 6) is 0. The van der Waals surface area contributed by atoms with Gasteiger partial charge in [0.1, 0.15) is 6.23 Å². The third-order valence-corrected chi connectivity index (χ3v) is 4.11. The highest BCUT2D eigenvalue weighted by molar-refractivity contribution is 9.10. The molecule has 21 heavy (non-hydrogen) atoms. The standard InChI is InChI=1S/C14H16BrN3O3/c15-10-1-2-12-11(7-10)14(20)18(9-16-12)8-13(19)17-3-5-21-6-4-17/h1-2,7,9,13,19H,3-6,8H2. The molecule has 0 aliphatic carbocycles. The van der Waals surface area contributed by atoms with Crippen molar-refractivity contribution in [2.75, 3.05) is 26.3 Å². The van der Waals surface area contributed by atoms with Crippen molar-refractivity contribution in [2.45, 2.75) is 12.8 Å². The molecule has 1 saturated heterocycles. The van der Waals surface area contributed by atoms with Gasteiger partial charge in [-0.2, -0.15) is 0 Å². The summed E-state index contributed by atoms with van der Waals surface area (Å²) in [7, 11) is 0. The third kappa shape index (κ3) is 3.16. The van der Waals surface area contributed by atoms with Gasteiger partial charge >= 0.3 is 0 Å². The number of hydrogen-bond acceptors (Lipinski definition) is 5. The number of benzene rings is 1. The van der Waals surface area contributed by atoms with Gasteiger partial charge in [-0.05, 0) is 18.2 Å². The van der Waals surface area contributed by atoms with E-state index >= 15 is 0 Å². The van der Waals surface area contributed by atoms with Gasteiger partial charge in [-0.15, -0.1) is 0 Å². The van der Waals surface area contributed by atoms with Gasteiger partial charge in [0.2, 0.25) is 0 Å². The minimum atomic E-state index is -0.710. The molecule has 1 unspecified atom stereocenters. The van der Waals surface area contributed by atoms with Crippen LogP contribution in [0.4, 0.5) is 0 Å². The van der Waals surface area contributed by atoms with Crippen molar-refractivity contribution in [2.24, 2.45) is 0 Å². The van der Waals surface area contributed by atoms with Gasteiger partial charge < -0.3 is 9.84 Å². The van der Waals surface area contributed by atoms with Crippen LogP contribution in [-0.4, -0.2) is 52.1 Å². The maximum atomic E-state index is 12.4. The van der Waals surface area contributed by atoms with Crippen LogP contribution in [0.25, 0.3) is 10.9 Å². The van der Waals surface area contributed by atoms with Crippen LogP contribution in [0.15, 0.2) is 33.8 Å². The molecule has 1 aliphatic rings. The van der Waals surface area contributed by atoms with Crippen LogP contribution >= 0.6 is 15.9 Å². The summed E-state index contributed by atoms with van der Waals surface area (Å²) in [6, 6.07) is 5.40. The summed E-state index contributed by atoms with van der Waals surface area (Å²) in [6.45, 7) is 2.75. The molecule has 6 nitrogen and oxygen atoms in total. The van der Waals surface area contributed by atoms with Crippen molar-refractivity contribution >= 4 is 26.8 Å². The van der Waals surface area contributed by atoms with Crippen molar-refractivity contribution in [3.05, 3.63) is 39.4 Å². The molecule has 0 spiro atoms. The minimum absolute atomic E-state index is 0.145. The Morgan fingerprint density at radius 2 is 2.14 bits per heavy atom. The van der Waals surface area contributed by atoms with Crippen molar-refractivity contribution < 1.29 is 9.84 Å². The molecular weight excluding hydrogens is 338 g/mol. The van der Waals surface area contributed by atoms with Gasteiger partial charge in [-0.1, -0.05) is 15.9 Å². The molecule has 2 aromatic rings. The molecule has 1 aromatic carbocycles. The molecule has 0 radical (unpaired) electrons. The Labute approximate surface area is 130 Å². The third-order valence-electron chi connectivity index (χ3n) is 3.61. The first-order valence-electron chi connectivity index (χ1n) is 6.80. The van der Waals surface area contributed by atoms with Gasteiger partial charge in [0.15, 0.2) is 0 Å². The van der Waals surface area contributed by atoms with E-state index in [4.69, 9.17) is 4.74 Å². The summed E-state index contributed by atoms with van der Waals surface area (Å²) >= 11 is 3.36. The van der Waals surface area contributed by atoms with Crippen LogP contribution in [0.1, 0.15) is 0 Å². The average Bonchev–Trinajstić information content (AvgIpc) is 2.51. The van der Waals surface area contributed by atoms with E-state index < -0.39 is 6.23 Å². The van der Waals surface area contributed by atoms with Crippen molar-refractivity contribution in [3.63, 3.8) is 0 Å². The van der Waals surface area contributed by atoms with Crippen LogP contribution in [0.3, 0.4) is 0 Å². The molecule has 1 atom stereocenters. The molecule has 1 aliphatic heterocycles. The average molecular weight is 354 g/mol. The predicted octanol–water partition coefficient (Wildman–Crippen LogP) is 0.810. The number of hydrogen-bond donors (Lipinski definition) is 1. The van der Waals surface area contributed by atoms with E-state index in [0.29, 0.717) is 37.2 Å². The minimum Gasteiger partial charge on any atom is -0.379 e. The van der Waals surface area contributed by atoms with Gasteiger partial charge in [0.25, 0.3) is 5.56 Å². The highest BCUT2D eigenvalue weighted by atomic mass is 79.9. The van der Waals surface area contributed by atoms with E-state index in [1.807, 2.05) is 11.0 Å². The molecule has 7 heteroatoms. The number of aliphatic hydroxyl groups is 1. The van der Waals surface area contributed by atoms with E-state index in [1.54, 1.807) is 12.1 Å². The van der Waals surface area contributed by atoms with Gasteiger partial charge in [-0.25, -0.2) is 4.98 Å². The van der Waals surface area contributed by atoms with Crippen molar-refractivity contribution in [1.82, 2.24) is 14.5 Å². The monoisotopic (exact) mass is 353 g/mol. The lowest BCUT2D eigenvalue weighted by Crippen LogP contribution is -2.46. The molecule has 0 bridgehead atoms. The Kier molecular flexibility index (Phi) is 4.34. The summed E-state index contributed by atoms with van der Waals surface area (Å²) < 4.78 is 7.54. The van der Waals surface area contributed by atoms with Crippen molar-refractivity contribution in [1.29, 1.82) is 0 Å². The normalized spacial score (nSPS) is 18.0. The van der Waals surface area contributed by atoms with Crippen LogP contribution in [0.2, 0.25) is 0 Å². The largest absolute Gasteiger partial charge is 0.379 e. The number of aromatic nitrogens is 2. The number of rotatable bonds is 3. The van der Waals surface area contributed by atoms with Crippen LogP contribution in [0.5, 0.6) is 0 Å². The lowest BCUT2D eigenvalue weighted by molar-refractivity contribution is -0.0655. The highest BCUT2D eigenvalue weighted by Crippen LogP contribution is 2.15. The first kappa shape index (κ1) is 14.6.